The average Bonchev–Trinajstić information content (AvgIpc) is 2.81. The summed E-state index contributed by atoms with van der Waals surface area (Å²) in [5, 5.41) is 17.6. The second-order valence-corrected chi connectivity index (χ2v) is 6.51. The number of aromatic nitrogens is 4. The van der Waals surface area contributed by atoms with E-state index in [2.05, 4.69) is 20.4 Å². The van der Waals surface area contributed by atoms with E-state index in [4.69, 9.17) is 0 Å². The molecule has 1 fully saturated rings. The van der Waals surface area contributed by atoms with Gasteiger partial charge in [-0.15, -0.1) is 5.10 Å². The molecule has 0 aromatic carbocycles. The lowest BCUT2D eigenvalue weighted by molar-refractivity contribution is 0.0245. The maximum absolute atomic E-state index is 12.3. The minimum Gasteiger partial charge on any atom is -0.388 e. The first-order valence-corrected chi connectivity index (χ1v) is 8.18. The molecule has 1 aliphatic carbocycles. The number of hydrogen-bond donors (Lipinski definition) is 2. The van der Waals surface area contributed by atoms with Crippen LogP contribution in [0.4, 0.5) is 0 Å². The summed E-state index contributed by atoms with van der Waals surface area (Å²) >= 11 is 0. The normalized spacial score (nSPS) is 17.9. The summed E-state index contributed by atoms with van der Waals surface area (Å²) in [5.74, 6) is 0.134. The molecule has 0 atom stereocenters. The molecule has 0 bridgehead atoms. The number of carbonyl (C=O) groups is 1. The van der Waals surface area contributed by atoms with Gasteiger partial charge in [0.15, 0.2) is 0 Å². The van der Waals surface area contributed by atoms with Crippen molar-refractivity contribution in [3.05, 3.63) is 23.3 Å². The number of rotatable bonds is 3. The molecule has 7 heteroatoms. The van der Waals surface area contributed by atoms with Crippen LogP contribution >= 0.6 is 0 Å². The first-order chi connectivity index (χ1) is 11.0. The average molecular weight is 317 g/mol. The Labute approximate surface area is 135 Å². The maximum atomic E-state index is 12.3. The first kappa shape index (κ1) is 15.9. The van der Waals surface area contributed by atoms with E-state index in [0.717, 1.165) is 49.9 Å². The Kier molecular flexibility index (Phi) is 4.30. The fraction of sp³-hybridized carbons (Fsp3) is 0.625. The highest BCUT2D eigenvalue weighted by molar-refractivity contribution is 5.90. The lowest BCUT2D eigenvalue weighted by atomic mass is 9.94. The molecule has 1 amide bonds. The van der Waals surface area contributed by atoms with Gasteiger partial charge < -0.3 is 10.4 Å². The Bertz CT molecular complexity index is 717. The SMILES string of the molecule is Cc1cc(C)n2nc(C(=O)NCC3(O)CCCCCC3)nc2n1. The third-order valence-electron chi connectivity index (χ3n) is 4.43. The second-order valence-electron chi connectivity index (χ2n) is 6.51. The molecular formula is C16H23N5O2. The van der Waals surface area contributed by atoms with Crippen LogP contribution in [-0.2, 0) is 0 Å². The molecule has 0 spiro atoms. The van der Waals surface area contributed by atoms with Crippen molar-refractivity contribution >= 4 is 11.7 Å². The maximum Gasteiger partial charge on any atom is 0.291 e. The van der Waals surface area contributed by atoms with Gasteiger partial charge in [0.25, 0.3) is 11.7 Å². The standard InChI is InChI=1S/C16H23N5O2/c1-11-9-12(2)21-15(18-11)19-13(20-21)14(22)17-10-16(23)7-5-3-4-6-8-16/h9,23H,3-8,10H2,1-2H3,(H,17,22). The summed E-state index contributed by atoms with van der Waals surface area (Å²) in [6, 6.07) is 1.89. The predicted octanol–water partition coefficient (Wildman–Crippen LogP) is 1.56. The van der Waals surface area contributed by atoms with Crippen LogP contribution in [0.5, 0.6) is 0 Å². The number of amides is 1. The number of carbonyl (C=O) groups excluding carboxylic acids is 1. The van der Waals surface area contributed by atoms with Crippen LogP contribution in [0.15, 0.2) is 6.07 Å². The van der Waals surface area contributed by atoms with Gasteiger partial charge in [0, 0.05) is 17.9 Å². The van der Waals surface area contributed by atoms with Gasteiger partial charge in [-0.1, -0.05) is 25.7 Å². The number of aryl methyl sites for hydroxylation is 2. The Morgan fingerprint density at radius 3 is 2.65 bits per heavy atom. The van der Waals surface area contributed by atoms with Crippen molar-refractivity contribution in [3.63, 3.8) is 0 Å². The van der Waals surface area contributed by atoms with Crippen LogP contribution in [0, 0.1) is 13.8 Å². The molecule has 0 saturated heterocycles. The minimum atomic E-state index is -0.809. The number of aliphatic hydroxyl groups is 1. The first-order valence-electron chi connectivity index (χ1n) is 8.18. The van der Waals surface area contributed by atoms with Gasteiger partial charge in [-0.25, -0.2) is 9.50 Å². The molecule has 0 aliphatic heterocycles. The summed E-state index contributed by atoms with van der Waals surface area (Å²) in [4.78, 5) is 20.8. The van der Waals surface area contributed by atoms with E-state index in [9.17, 15) is 9.90 Å². The zero-order valence-electron chi connectivity index (χ0n) is 13.7. The highest BCUT2D eigenvalue weighted by Crippen LogP contribution is 2.26. The molecule has 7 nitrogen and oxygen atoms in total. The molecule has 2 aromatic heterocycles. The molecule has 23 heavy (non-hydrogen) atoms. The fourth-order valence-electron chi connectivity index (χ4n) is 3.15. The van der Waals surface area contributed by atoms with Gasteiger partial charge in [0.1, 0.15) is 0 Å². The summed E-state index contributed by atoms with van der Waals surface area (Å²) in [5.41, 5.74) is 0.902. The van der Waals surface area contributed by atoms with E-state index in [-0.39, 0.29) is 18.3 Å². The van der Waals surface area contributed by atoms with Crippen LogP contribution in [0.1, 0.15) is 60.5 Å². The second kappa shape index (κ2) is 6.23. The highest BCUT2D eigenvalue weighted by Gasteiger charge is 2.29. The van der Waals surface area contributed by atoms with E-state index in [1.165, 1.54) is 0 Å². The van der Waals surface area contributed by atoms with Gasteiger partial charge in [0.2, 0.25) is 5.82 Å². The quantitative estimate of drug-likeness (QED) is 0.838. The topological polar surface area (TPSA) is 92.4 Å². The van der Waals surface area contributed by atoms with E-state index < -0.39 is 5.60 Å². The molecule has 3 rings (SSSR count). The van der Waals surface area contributed by atoms with E-state index in [0.29, 0.717) is 5.78 Å². The molecular weight excluding hydrogens is 294 g/mol. The highest BCUT2D eigenvalue weighted by atomic mass is 16.3. The lowest BCUT2D eigenvalue weighted by Crippen LogP contribution is -2.42. The summed E-state index contributed by atoms with van der Waals surface area (Å²) < 4.78 is 1.56. The smallest absolute Gasteiger partial charge is 0.291 e. The Morgan fingerprint density at radius 1 is 1.26 bits per heavy atom. The monoisotopic (exact) mass is 317 g/mol. The number of fused-ring (bicyclic) bond motifs is 1. The summed E-state index contributed by atoms with van der Waals surface area (Å²) in [6.45, 7) is 4.02. The van der Waals surface area contributed by atoms with Gasteiger partial charge in [-0.2, -0.15) is 4.98 Å². The Hall–Kier alpha value is -2.02. The van der Waals surface area contributed by atoms with E-state index in [1.807, 2.05) is 19.9 Å². The van der Waals surface area contributed by atoms with Gasteiger partial charge >= 0.3 is 0 Å². The molecule has 0 unspecified atom stereocenters. The molecule has 0 radical (unpaired) electrons. The van der Waals surface area contributed by atoms with Crippen molar-refractivity contribution < 1.29 is 9.90 Å². The number of nitrogens with zero attached hydrogens (tertiary/aromatic N) is 4. The summed E-state index contributed by atoms with van der Waals surface area (Å²) in [7, 11) is 0. The molecule has 1 aliphatic rings. The Morgan fingerprint density at radius 2 is 1.96 bits per heavy atom. The predicted molar refractivity (Wildman–Crippen MR) is 85.2 cm³/mol. The van der Waals surface area contributed by atoms with Gasteiger partial charge in [0.05, 0.1) is 5.60 Å². The van der Waals surface area contributed by atoms with Crippen molar-refractivity contribution in [2.75, 3.05) is 6.54 Å². The number of hydrogen-bond acceptors (Lipinski definition) is 5. The molecule has 2 aromatic rings. The van der Waals surface area contributed by atoms with Crippen molar-refractivity contribution in [1.82, 2.24) is 24.9 Å². The van der Waals surface area contributed by atoms with Crippen LogP contribution in [-0.4, -0.2) is 42.7 Å². The minimum absolute atomic E-state index is 0.0865. The lowest BCUT2D eigenvalue weighted by Gasteiger charge is -2.26. The van der Waals surface area contributed by atoms with Crippen molar-refractivity contribution in [2.24, 2.45) is 0 Å². The van der Waals surface area contributed by atoms with E-state index >= 15 is 0 Å². The van der Waals surface area contributed by atoms with Crippen molar-refractivity contribution in [2.45, 2.75) is 58.0 Å². The zero-order chi connectivity index (χ0) is 16.4. The molecule has 124 valence electrons. The van der Waals surface area contributed by atoms with Crippen molar-refractivity contribution in [1.29, 1.82) is 0 Å². The Balaban J connectivity index is 1.72. The molecule has 1 saturated carbocycles. The van der Waals surface area contributed by atoms with Crippen LogP contribution in [0.3, 0.4) is 0 Å². The van der Waals surface area contributed by atoms with Crippen LogP contribution < -0.4 is 5.32 Å². The zero-order valence-corrected chi connectivity index (χ0v) is 13.7. The van der Waals surface area contributed by atoms with Crippen LogP contribution in [0.25, 0.3) is 5.78 Å². The molecule has 2 heterocycles. The van der Waals surface area contributed by atoms with Gasteiger partial charge in [-0.3, -0.25) is 4.79 Å². The fourth-order valence-corrected chi connectivity index (χ4v) is 3.15. The molecule has 2 N–H and O–H groups in total. The number of nitrogens with one attached hydrogen (secondary N) is 1. The van der Waals surface area contributed by atoms with E-state index in [1.54, 1.807) is 4.52 Å². The summed E-state index contributed by atoms with van der Waals surface area (Å²) in [6.07, 6.45) is 5.75. The third-order valence-corrected chi connectivity index (χ3v) is 4.43. The van der Waals surface area contributed by atoms with Crippen LogP contribution in [0.2, 0.25) is 0 Å². The van der Waals surface area contributed by atoms with Crippen molar-refractivity contribution in [3.8, 4) is 0 Å². The van der Waals surface area contributed by atoms with Gasteiger partial charge in [-0.05, 0) is 32.8 Å². The largest absolute Gasteiger partial charge is 0.388 e. The third kappa shape index (κ3) is 3.50.